The molecule has 0 bridgehead atoms. The zero-order chi connectivity index (χ0) is 21.4. The maximum Gasteiger partial charge on any atom is 0.339 e. The number of esters is 2. The molecule has 1 aliphatic rings. The number of nitrogens with two attached hydrogens (primary N) is 1. The Labute approximate surface area is 181 Å². The van der Waals surface area contributed by atoms with Gasteiger partial charge in [-0.1, -0.05) is 63.5 Å². The Balaban J connectivity index is 1.85. The molecule has 168 valence electrons. The fourth-order valence-corrected chi connectivity index (χ4v) is 3.68. The summed E-state index contributed by atoms with van der Waals surface area (Å²) in [7, 11) is 0. The van der Waals surface area contributed by atoms with Gasteiger partial charge in [0.2, 0.25) is 0 Å². The number of carbonyl (C=O) groups is 2. The van der Waals surface area contributed by atoms with Crippen LogP contribution < -0.4 is 5.84 Å². The van der Waals surface area contributed by atoms with Crippen LogP contribution in [0.4, 0.5) is 0 Å². The first kappa shape index (κ1) is 24.4. The van der Waals surface area contributed by atoms with Gasteiger partial charge in [-0.25, -0.2) is 14.6 Å². The van der Waals surface area contributed by atoms with E-state index < -0.39 is 11.9 Å². The smallest absolute Gasteiger partial charge is 0.339 e. The summed E-state index contributed by atoms with van der Waals surface area (Å²) in [5.74, 6) is 5.16. The van der Waals surface area contributed by atoms with Gasteiger partial charge in [0, 0.05) is 13.1 Å². The van der Waals surface area contributed by atoms with Crippen LogP contribution in [0, 0.1) is 0 Å². The molecule has 1 aliphatic heterocycles. The second kappa shape index (κ2) is 15.0. The first-order valence-electron chi connectivity index (χ1n) is 11.6. The lowest BCUT2D eigenvalue weighted by Crippen LogP contribution is -2.32. The maximum atomic E-state index is 12.4. The van der Waals surface area contributed by atoms with Gasteiger partial charge in [-0.2, -0.15) is 0 Å². The van der Waals surface area contributed by atoms with Crippen molar-refractivity contribution in [3.63, 3.8) is 0 Å². The Morgan fingerprint density at radius 1 is 0.600 bits per heavy atom. The van der Waals surface area contributed by atoms with Crippen molar-refractivity contribution < 1.29 is 19.1 Å². The van der Waals surface area contributed by atoms with Crippen LogP contribution in [-0.2, 0) is 9.47 Å². The highest BCUT2D eigenvalue weighted by Crippen LogP contribution is 2.14. The minimum Gasteiger partial charge on any atom is -0.462 e. The number of benzene rings is 1. The zero-order valence-corrected chi connectivity index (χ0v) is 18.3. The second-order valence-electron chi connectivity index (χ2n) is 8.10. The second-order valence-corrected chi connectivity index (χ2v) is 8.10. The summed E-state index contributed by atoms with van der Waals surface area (Å²) in [6.45, 7) is 2.67. The van der Waals surface area contributed by atoms with Crippen molar-refractivity contribution in [1.82, 2.24) is 5.01 Å². The van der Waals surface area contributed by atoms with E-state index in [0.29, 0.717) is 13.2 Å². The first-order valence-corrected chi connectivity index (χ1v) is 11.6. The van der Waals surface area contributed by atoms with Gasteiger partial charge < -0.3 is 9.47 Å². The molecule has 0 saturated carbocycles. The minimum absolute atomic E-state index is 0.284. The molecule has 0 amide bonds. The van der Waals surface area contributed by atoms with Crippen molar-refractivity contribution in [2.24, 2.45) is 5.84 Å². The van der Waals surface area contributed by atoms with E-state index in [1.807, 2.05) is 5.01 Å². The van der Waals surface area contributed by atoms with Crippen LogP contribution in [0.3, 0.4) is 0 Å². The zero-order valence-electron chi connectivity index (χ0n) is 18.3. The maximum absolute atomic E-state index is 12.4. The molecule has 1 aromatic rings. The van der Waals surface area contributed by atoms with Gasteiger partial charge in [0.1, 0.15) is 0 Å². The molecule has 1 heterocycles. The summed E-state index contributed by atoms with van der Waals surface area (Å²) in [5.41, 5.74) is 0.569. The molecule has 30 heavy (non-hydrogen) atoms. The van der Waals surface area contributed by atoms with Crippen molar-refractivity contribution in [2.75, 3.05) is 26.3 Å². The summed E-state index contributed by atoms with van der Waals surface area (Å²) in [4.78, 5) is 24.8. The number of cyclic esters (lactones) is 2. The predicted octanol–water partition coefficient (Wildman–Crippen LogP) is 4.87. The van der Waals surface area contributed by atoms with Gasteiger partial charge >= 0.3 is 11.9 Å². The van der Waals surface area contributed by atoms with Crippen LogP contribution in [-0.4, -0.2) is 43.3 Å². The van der Waals surface area contributed by atoms with E-state index in [9.17, 15) is 9.59 Å². The van der Waals surface area contributed by atoms with Crippen LogP contribution in [0.15, 0.2) is 24.3 Å². The van der Waals surface area contributed by atoms with Crippen LogP contribution in [0.5, 0.6) is 0 Å². The largest absolute Gasteiger partial charge is 0.462 e. The summed E-state index contributed by atoms with van der Waals surface area (Å²) in [5, 5.41) is 1.95. The number of nitrogens with zero attached hydrogens (tertiary/aromatic N) is 1. The molecule has 0 radical (unpaired) electrons. The third-order valence-electron chi connectivity index (χ3n) is 5.51. The third-order valence-corrected chi connectivity index (χ3v) is 5.51. The highest BCUT2D eigenvalue weighted by Gasteiger charge is 2.18. The van der Waals surface area contributed by atoms with Crippen LogP contribution >= 0.6 is 0 Å². The average Bonchev–Trinajstić information content (AvgIpc) is 2.75. The van der Waals surface area contributed by atoms with Crippen molar-refractivity contribution >= 4 is 11.9 Å². The lowest BCUT2D eigenvalue weighted by Gasteiger charge is -2.15. The van der Waals surface area contributed by atoms with Gasteiger partial charge in [-0.15, -0.1) is 0 Å². The molecular weight excluding hydrogens is 380 g/mol. The molecule has 0 aliphatic carbocycles. The molecule has 0 saturated heterocycles. The Morgan fingerprint density at radius 2 is 0.967 bits per heavy atom. The Morgan fingerprint density at radius 3 is 1.40 bits per heavy atom. The molecule has 1 aromatic carbocycles. The summed E-state index contributed by atoms with van der Waals surface area (Å²) >= 11 is 0. The van der Waals surface area contributed by atoms with Crippen molar-refractivity contribution in [3.05, 3.63) is 35.4 Å². The number of hydrogen-bond acceptors (Lipinski definition) is 6. The van der Waals surface area contributed by atoms with Crippen molar-refractivity contribution in [2.45, 2.75) is 77.0 Å². The SMILES string of the molecule is NN1CCCCCCCCOC(=O)c2ccccc2C(=O)OCCCCCCCC1. The molecule has 0 unspecified atom stereocenters. The molecule has 0 spiro atoms. The Hall–Kier alpha value is -1.92. The van der Waals surface area contributed by atoms with E-state index in [0.717, 1.165) is 64.5 Å². The average molecular weight is 419 g/mol. The summed E-state index contributed by atoms with van der Waals surface area (Å²) in [6, 6.07) is 6.73. The molecule has 2 N–H and O–H groups in total. The molecule has 6 nitrogen and oxygen atoms in total. The number of hydrazine groups is 1. The molecule has 0 aromatic heterocycles. The highest BCUT2D eigenvalue weighted by atomic mass is 16.5. The lowest BCUT2D eigenvalue weighted by molar-refractivity contribution is 0.0450. The lowest BCUT2D eigenvalue weighted by atomic mass is 10.1. The van der Waals surface area contributed by atoms with E-state index in [4.69, 9.17) is 15.3 Å². The highest BCUT2D eigenvalue weighted by molar-refractivity contribution is 6.03. The predicted molar refractivity (Wildman–Crippen MR) is 118 cm³/mol. The topological polar surface area (TPSA) is 81.9 Å². The van der Waals surface area contributed by atoms with Gasteiger partial charge in [0.25, 0.3) is 0 Å². The quantitative estimate of drug-likeness (QED) is 0.478. The Kier molecular flexibility index (Phi) is 12.1. The standard InChI is InChI=1S/C24H38N2O4/c25-26-17-11-5-1-3-7-13-19-29-23(27)21-15-9-10-16-22(21)24(28)30-20-14-8-4-2-6-12-18-26/h9-10,15-16H,1-8,11-14,17-20,25H2. The van der Waals surface area contributed by atoms with Gasteiger partial charge in [-0.05, 0) is 37.8 Å². The summed E-state index contributed by atoms with van der Waals surface area (Å²) < 4.78 is 10.8. The van der Waals surface area contributed by atoms with E-state index in [1.54, 1.807) is 24.3 Å². The summed E-state index contributed by atoms with van der Waals surface area (Å²) in [6.07, 6.45) is 13.0. The van der Waals surface area contributed by atoms with Gasteiger partial charge in [0.15, 0.2) is 0 Å². The number of hydrogen-bond donors (Lipinski definition) is 1. The fourth-order valence-electron chi connectivity index (χ4n) is 3.68. The first-order chi connectivity index (χ1) is 14.7. The van der Waals surface area contributed by atoms with E-state index in [2.05, 4.69) is 0 Å². The van der Waals surface area contributed by atoms with E-state index in [-0.39, 0.29) is 11.1 Å². The van der Waals surface area contributed by atoms with E-state index >= 15 is 0 Å². The number of rotatable bonds is 0. The number of ether oxygens (including phenoxy) is 2. The molecule has 0 fully saturated rings. The monoisotopic (exact) mass is 418 g/mol. The fraction of sp³-hybridized carbons (Fsp3) is 0.667. The van der Waals surface area contributed by atoms with E-state index in [1.165, 1.54) is 25.7 Å². The molecular formula is C24H38N2O4. The number of fused-ring (bicyclic) bond motifs is 1. The molecule has 6 heteroatoms. The van der Waals surface area contributed by atoms with Crippen LogP contribution in [0.1, 0.15) is 97.8 Å². The molecule has 0 atom stereocenters. The minimum atomic E-state index is -0.455. The van der Waals surface area contributed by atoms with Crippen molar-refractivity contribution in [1.29, 1.82) is 0 Å². The number of carbonyl (C=O) groups excluding carboxylic acids is 2. The van der Waals surface area contributed by atoms with Gasteiger partial charge in [-0.3, -0.25) is 5.84 Å². The Bertz CT molecular complexity index is 582. The normalized spacial score (nSPS) is 20.6. The van der Waals surface area contributed by atoms with Crippen molar-refractivity contribution in [3.8, 4) is 0 Å². The van der Waals surface area contributed by atoms with Gasteiger partial charge in [0.05, 0.1) is 24.3 Å². The van der Waals surface area contributed by atoms with Crippen LogP contribution in [0.2, 0.25) is 0 Å². The molecule has 2 rings (SSSR count). The van der Waals surface area contributed by atoms with Crippen LogP contribution in [0.25, 0.3) is 0 Å². The third kappa shape index (κ3) is 9.72.